The second-order valence-electron chi connectivity index (χ2n) is 3.57. The van der Waals surface area contributed by atoms with Crippen LogP contribution >= 0.6 is 0 Å². The van der Waals surface area contributed by atoms with E-state index in [0.29, 0.717) is 18.5 Å². The number of Topliss-reactive ketones (excluding diaryl/α,β-unsaturated/α-hetero) is 1. The monoisotopic (exact) mass is 221 g/mol. The Bertz CT molecular complexity index is 370. The lowest BCUT2D eigenvalue weighted by Crippen LogP contribution is -2.02. The van der Waals surface area contributed by atoms with Crippen molar-refractivity contribution in [3.05, 3.63) is 35.4 Å². The fourth-order valence-electron chi connectivity index (χ4n) is 1.37. The van der Waals surface area contributed by atoms with Gasteiger partial charge in [0.2, 0.25) is 0 Å². The number of hydrogen-bond acceptors (Lipinski definition) is 3. The summed E-state index contributed by atoms with van der Waals surface area (Å²) in [6.07, 6.45) is 0.688. The Morgan fingerprint density at radius 1 is 1.12 bits per heavy atom. The van der Waals surface area contributed by atoms with Crippen molar-refractivity contribution in [2.24, 2.45) is 5.73 Å². The standard InChI is InChI=1S/C12H15NO3/c13-8-9-4-6-10(7-5-9)11(14)2-1-3-12(15)16/h4-7H,1-3,8,13H2,(H,15,16). The molecule has 0 aromatic heterocycles. The van der Waals surface area contributed by atoms with E-state index in [-0.39, 0.29) is 18.6 Å². The van der Waals surface area contributed by atoms with Crippen LogP contribution in [0.2, 0.25) is 0 Å². The zero-order chi connectivity index (χ0) is 12.0. The lowest BCUT2D eigenvalue weighted by atomic mass is 10.0. The normalized spacial score (nSPS) is 10.1. The highest BCUT2D eigenvalue weighted by Gasteiger charge is 2.06. The van der Waals surface area contributed by atoms with Gasteiger partial charge in [0.1, 0.15) is 0 Å². The highest BCUT2D eigenvalue weighted by atomic mass is 16.4. The zero-order valence-electron chi connectivity index (χ0n) is 8.98. The first-order valence-electron chi connectivity index (χ1n) is 5.17. The largest absolute Gasteiger partial charge is 0.481 e. The van der Waals surface area contributed by atoms with E-state index in [9.17, 15) is 9.59 Å². The molecule has 0 radical (unpaired) electrons. The van der Waals surface area contributed by atoms with Crippen molar-refractivity contribution in [1.82, 2.24) is 0 Å². The van der Waals surface area contributed by atoms with Crippen LogP contribution in [-0.2, 0) is 11.3 Å². The molecule has 3 N–H and O–H groups in total. The number of rotatable bonds is 6. The average Bonchev–Trinajstić information content (AvgIpc) is 2.28. The van der Waals surface area contributed by atoms with Gasteiger partial charge in [-0.1, -0.05) is 24.3 Å². The summed E-state index contributed by atoms with van der Waals surface area (Å²) in [6, 6.07) is 7.07. The van der Waals surface area contributed by atoms with Gasteiger partial charge in [-0.25, -0.2) is 0 Å². The molecule has 4 nitrogen and oxygen atoms in total. The van der Waals surface area contributed by atoms with Gasteiger partial charge in [-0.2, -0.15) is 0 Å². The Hall–Kier alpha value is -1.68. The van der Waals surface area contributed by atoms with Gasteiger partial charge in [0.25, 0.3) is 0 Å². The first-order chi connectivity index (χ1) is 7.63. The minimum Gasteiger partial charge on any atom is -0.481 e. The van der Waals surface area contributed by atoms with Crippen LogP contribution in [0.5, 0.6) is 0 Å². The number of aliphatic carboxylic acids is 1. The molecule has 1 aromatic carbocycles. The van der Waals surface area contributed by atoms with E-state index in [1.54, 1.807) is 12.1 Å². The van der Waals surface area contributed by atoms with Crippen LogP contribution in [0.1, 0.15) is 35.2 Å². The van der Waals surface area contributed by atoms with E-state index in [0.717, 1.165) is 5.56 Å². The maximum Gasteiger partial charge on any atom is 0.303 e. The lowest BCUT2D eigenvalue weighted by molar-refractivity contribution is -0.137. The molecule has 0 unspecified atom stereocenters. The van der Waals surface area contributed by atoms with Crippen molar-refractivity contribution in [2.45, 2.75) is 25.8 Å². The molecule has 0 atom stereocenters. The molecule has 4 heteroatoms. The number of ketones is 1. The van der Waals surface area contributed by atoms with Crippen LogP contribution in [-0.4, -0.2) is 16.9 Å². The fraction of sp³-hybridized carbons (Fsp3) is 0.333. The molecule has 0 saturated heterocycles. The van der Waals surface area contributed by atoms with E-state index >= 15 is 0 Å². The first-order valence-corrected chi connectivity index (χ1v) is 5.17. The summed E-state index contributed by atoms with van der Waals surface area (Å²) in [4.78, 5) is 21.9. The summed E-state index contributed by atoms with van der Waals surface area (Å²) in [5.41, 5.74) is 7.03. The predicted molar refractivity (Wildman–Crippen MR) is 60.2 cm³/mol. The summed E-state index contributed by atoms with van der Waals surface area (Å²) < 4.78 is 0. The summed E-state index contributed by atoms with van der Waals surface area (Å²) >= 11 is 0. The average molecular weight is 221 g/mol. The van der Waals surface area contributed by atoms with Crippen molar-refractivity contribution in [3.8, 4) is 0 Å². The number of nitrogens with two attached hydrogens (primary N) is 1. The molecule has 1 rings (SSSR count). The third kappa shape index (κ3) is 3.82. The Balaban J connectivity index is 2.49. The van der Waals surface area contributed by atoms with Crippen LogP contribution in [0.15, 0.2) is 24.3 Å². The SMILES string of the molecule is NCc1ccc(C(=O)CCCC(=O)O)cc1. The topological polar surface area (TPSA) is 80.4 Å². The maximum atomic E-state index is 11.6. The van der Waals surface area contributed by atoms with Crippen molar-refractivity contribution in [3.63, 3.8) is 0 Å². The first kappa shape index (κ1) is 12.4. The molecule has 0 spiro atoms. The van der Waals surface area contributed by atoms with Crippen molar-refractivity contribution < 1.29 is 14.7 Å². The highest BCUT2D eigenvalue weighted by Crippen LogP contribution is 2.09. The lowest BCUT2D eigenvalue weighted by Gasteiger charge is -2.01. The number of carbonyl (C=O) groups excluding carboxylic acids is 1. The van der Waals surface area contributed by atoms with Gasteiger partial charge in [-0.3, -0.25) is 9.59 Å². The van der Waals surface area contributed by atoms with Gasteiger partial charge in [-0.15, -0.1) is 0 Å². The van der Waals surface area contributed by atoms with Gasteiger partial charge in [-0.05, 0) is 12.0 Å². The number of carboxylic acid groups (broad SMARTS) is 1. The molecule has 0 heterocycles. The van der Waals surface area contributed by atoms with Gasteiger partial charge in [0.15, 0.2) is 5.78 Å². The van der Waals surface area contributed by atoms with Crippen molar-refractivity contribution in [2.75, 3.05) is 0 Å². The summed E-state index contributed by atoms with van der Waals surface area (Å²) in [6.45, 7) is 0.452. The molecule has 0 aliphatic carbocycles. The third-order valence-electron chi connectivity index (χ3n) is 2.31. The minimum atomic E-state index is -0.869. The molecule has 1 aromatic rings. The van der Waals surface area contributed by atoms with E-state index in [2.05, 4.69) is 0 Å². The molecule has 86 valence electrons. The van der Waals surface area contributed by atoms with E-state index in [1.807, 2.05) is 12.1 Å². The molecular formula is C12H15NO3. The summed E-state index contributed by atoms with van der Waals surface area (Å²) in [7, 11) is 0. The molecular weight excluding hydrogens is 206 g/mol. The summed E-state index contributed by atoms with van der Waals surface area (Å²) in [5.74, 6) is -0.892. The number of hydrogen-bond donors (Lipinski definition) is 2. The smallest absolute Gasteiger partial charge is 0.303 e. The quantitative estimate of drug-likeness (QED) is 0.715. The molecule has 0 amide bonds. The Kier molecular flexibility index (Phi) is 4.66. The van der Waals surface area contributed by atoms with E-state index in [4.69, 9.17) is 10.8 Å². The van der Waals surface area contributed by atoms with E-state index < -0.39 is 5.97 Å². The molecule has 16 heavy (non-hydrogen) atoms. The molecule has 0 aliphatic rings. The number of carbonyl (C=O) groups is 2. The van der Waals surface area contributed by atoms with Gasteiger partial charge in [0, 0.05) is 24.9 Å². The van der Waals surface area contributed by atoms with Crippen molar-refractivity contribution in [1.29, 1.82) is 0 Å². The third-order valence-corrected chi connectivity index (χ3v) is 2.31. The predicted octanol–water partition coefficient (Wildman–Crippen LogP) is 1.58. The van der Waals surface area contributed by atoms with Gasteiger partial charge in [0.05, 0.1) is 0 Å². The maximum absolute atomic E-state index is 11.6. The zero-order valence-corrected chi connectivity index (χ0v) is 8.98. The second kappa shape index (κ2) is 6.02. The number of benzene rings is 1. The number of carboxylic acids is 1. The van der Waals surface area contributed by atoms with Crippen molar-refractivity contribution >= 4 is 11.8 Å². The fourth-order valence-corrected chi connectivity index (χ4v) is 1.37. The molecule has 0 saturated carbocycles. The Labute approximate surface area is 94.1 Å². The Morgan fingerprint density at radius 2 is 1.75 bits per heavy atom. The Morgan fingerprint density at radius 3 is 2.25 bits per heavy atom. The second-order valence-corrected chi connectivity index (χ2v) is 3.57. The van der Waals surface area contributed by atoms with Gasteiger partial charge >= 0.3 is 5.97 Å². The highest BCUT2D eigenvalue weighted by molar-refractivity contribution is 5.96. The molecule has 0 fully saturated rings. The van der Waals surface area contributed by atoms with Crippen LogP contribution in [0.3, 0.4) is 0 Å². The summed E-state index contributed by atoms with van der Waals surface area (Å²) in [5, 5.41) is 8.44. The molecule has 0 bridgehead atoms. The minimum absolute atomic E-state index is 0.0233. The van der Waals surface area contributed by atoms with Crippen LogP contribution < -0.4 is 5.73 Å². The van der Waals surface area contributed by atoms with Crippen LogP contribution in [0.25, 0.3) is 0 Å². The van der Waals surface area contributed by atoms with Crippen LogP contribution in [0, 0.1) is 0 Å². The van der Waals surface area contributed by atoms with E-state index in [1.165, 1.54) is 0 Å². The van der Waals surface area contributed by atoms with Crippen LogP contribution in [0.4, 0.5) is 0 Å². The molecule has 0 aliphatic heterocycles. The van der Waals surface area contributed by atoms with Gasteiger partial charge < -0.3 is 10.8 Å².